The molecule has 10 heteroatoms. The van der Waals surface area contributed by atoms with Crippen LogP contribution in [-0.4, -0.2) is 51.2 Å². The van der Waals surface area contributed by atoms with Crippen LogP contribution in [0.3, 0.4) is 0 Å². The predicted molar refractivity (Wildman–Crippen MR) is 104 cm³/mol. The molecule has 0 aliphatic heterocycles. The predicted octanol–water partition coefficient (Wildman–Crippen LogP) is 0.124. The number of aromatic hydroxyl groups is 1. The third kappa shape index (κ3) is 4.98. The highest BCUT2D eigenvalue weighted by Crippen LogP contribution is 2.31. The maximum Gasteiger partial charge on any atom is 0.182 e. The van der Waals surface area contributed by atoms with Gasteiger partial charge in [0, 0.05) is 30.5 Å². The van der Waals surface area contributed by atoms with Crippen LogP contribution in [0.1, 0.15) is 5.56 Å². The number of ether oxygens (including phenoxy) is 1. The number of hydrogen-bond donors (Lipinski definition) is 4. The van der Waals surface area contributed by atoms with Gasteiger partial charge in [0.1, 0.15) is 35.1 Å². The Morgan fingerprint density at radius 1 is 1.23 bits per heavy atom. The molecule has 0 amide bonds. The average Bonchev–Trinajstić information content (AvgIpc) is 2.58. The van der Waals surface area contributed by atoms with Gasteiger partial charge in [-0.15, -0.1) is 10.2 Å². The molecule has 7 nitrogen and oxygen atoms in total. The van der Waals surface area contributed by atoms with Crippen LogP contribution in [0, 0.1) is 0 Å². The lowest BCUT2D eigenvalue weighted by Crippen LogP contribution is -2.35. The third-order valence-electron chi connectivity index (χ3n) is 3.30. The molecule has 1 aromatic heterocycles. The van der Waals surface area contributed by atoms with Crippen LogP contribution in [0.4, 0.5) is 5.82 Å². The van der Waals surface area contributed by atoms with Gasteiger partial charge >= 0.3 is 0 Å². The molecular formula is C16H16B3N5O2. The van der Waals surface area contributed by atoms with Gasteiger partial charge in [-0.1, -0.05) is 6.07 Å². The van der Waals surface area contributed by atoms with Gasteiger partial charge in [0.05, 0.1) is 5.69 Å². The fourth-order valence-electron chi connectivity index (χ4n) is 2.15. The second kappa shape index (κ2) is 7.90. The highest BCUT2D eigenvalue weighted by molar-refractivity contribution is 6.58. The number of hydrogen-bond acceptors (Lipinski definition) is 7. The van der Waals surface area contributed by atoms with Crippen molar-refractivity contribution < 1.29 is 9.84 Å². The van der Waals surface area contributed by atoms with Gasteiger partial charge in [-0.3, -0.25) is 0 Å². The van der Waals surface area contributed by atoms with Gasteiger partial charge in [-0.2, -0.15) is 0 Å². The van der Waals surface area contributed by atoms with Crippen molar-refractivity contribution in [2.45, 2.75) is 5.30 Å². The van der Waals surface area contributed by atoms with Crippen molar-refractivity contribution in [3.8, 4) is 17.0 Å². The Balaban J connectivity index is 2.30. The van der Waals surface area contributed by atoms with Crippen molar-refractivity contribution in [1.82, 2.24) is 10.2 Å². The van der Waals surface area contributed by atoms with E-state index < -0.39 is 5.30 Å². The standard InChI is InChI=1S/C16H16B3N5O2/c1-22-15-5-4-12(23-24-15)11-3-2-9(6-13(11)25)10(8-20)7-14(21)26-16(17,18)19/h2-8,25H,20-21H2,1H3,(H,22,24)/b10-8+,14-7+. The van der Waals surface area contributed by atoms with Crippen molar-refractivity contribution >= 4 is 34.9 Å². The number of anilines is 1. The first-order chi connectivity index (χ1) is 12.2. The van der Waals surface area contributed by atoms with Crippen molar-refractivity contribution in [1.29, 1.82) is 0 Å². The molecule has 0 saturated heterocycles. The van der Waals surface area contributed by atoms with Crippen LogP contribution in [0.25, 0.3) is 16.8 Å². The van der Waals surface area contributed by atoms with E-state index in [1.54, 1.807) is 31.3 Å². The zero-order chi connectivity index (χ0) is 19.3. The quantitative estimate of drug-likeness (QED) is 0.334. The minimum atomic E-state index is -1.91. The molecule has 0 aliphatic rings. The summed E-state index contributed by atoms with van der Waals surface area (Å²) in [5.41, 5.74) is 13.4. The molecule has 1 aromatic carbocycles. The van der Waals surface area contributed by atoms with E-state index in [1.165, 1.54) is 18.3 Å². The highest BCUT2D eigenvalue weighted by Gasteiger charge is 2.13. The third-order valence-corrected chi connectivity index (χ3v) is 3.30. The van der Waals surface area contributed by atoms with E-state index in [0.29, 0.717) is 28.2 Å². The number of benzene rings is 1. The average molecular weight is 343 g/mol. The van der Waals surface area contributed by atoms with Crippen LogP contribution in [0.5, 0.6) is 5.75 Å². The molecule has 26 heavy (non-hydrogen) atoms. The van der Waals surface area contributed by atoms with Gasteiger partial charge in [0.15, 0.2) is 5.88 Å². The Hall–Kier alpha value is -3.03. The lowest BCUT2D eigenvalue weighted by atomic mass is 9.52. The van der Waals surface area contributed by atoms with E-state index in [2.05, 4.69) is 15.5 Å². The van der Waals surface area contributed by atoms with Crippen molar-refractivity contribution in [3.63, 3.8) is 0 Å². The first-order valence-electron chi connectivity index (χ1n) is 7.53. The van der Waals surface area contributed by atoms with Crippen molar-refractivity contribution in [3.05, 3.63) is 54.1 Å². The van der Waals surface area contributed by atoms with Gasteiger partial charge in [0.25, 0.3) is 0 Å². The first kappa shape index (κ1) is 19.3. The normalized spacial score (nSPS) is 12.7. The summed E-state index contributed by atoms with van der Waals surface area (Å²) in [6.45, 7) is 0. The molecule has 1 heterocycles. The molecule has 0 spiro atoms. The summed E-state index contributed by atoms with van der Waals surface area (Å²) in [6, 6.07) is 8.40. The summed E-state index contributed by atoms with van der Waals surface area (Å²) < 4.78 is 4.93. The van der Waals surface area contributed by atoms with Gasteiger partial charge in [-0.05, 0) is 35.1 Å². The van der Waals surface area contributed by atoms with Crippen molar-refractivity contribution in [2.24, 2.45) is 11.5 Å². The Kier molecular flexibility index (Phi) is 5.87. The first-order valence-corrected chi connectivity index (χ1v) is 7.53. The van der Waals surface area contributed by atoms with Crippen LogP contribution in [-0.2, 0) is 4.74 Å². The van der Waals surface area contributed by atoms with Crippen LogP contribution in [0.15, 0.2) is 48.5 Å². The van der Waals surface area contributed by atoms with E-state index >= 15 is 0 Å². The second-order valence-corrected chi connectivity index (χ2v) is 5.41. The maximum absolute atomic E-state index is 10.3. The molecule has 0 fully saturated rings. The summed E-state index contributed by atoms with van der Waals surface area (Å²) in [5.74, 6) is 0.480. The number of aromatic nitrogens is 2. The Bertz CT molecular complexity index is 833. The number of phenols is 1. The van der Waals surface area contributed by atoms with Crippen LogP contribution < -0.4 is 16.8 Å². The molecule has 6 radical (unpaired) electrons. The summed E-state index contributed by atoms with van der Waals surface area (Å²) in [6.07, 6.45) is 2.68. The number of rotatable bonds is 6. The molecule has 0 unspecified atom stereocenters. The molecule has 2 rings (SSSR count). The summed E-state index contributed by atoms with van der Waals surface area (Å²) >= 11 is 0. The molecule has 126 valence electrons. The van der Waals surface area contributed by atoms with Crippen LogP contribution >= 0.6 is 0 Å². The van der Waals surface area contributed by atoms with Crippen LogP contribution in [0.2, 0.25) is 0 Å². The fourth-order valence-corrected chi connectivity index (χ4v) is 2.15. The summed E-state index contributed by atoms with van der Waals surface area (Å²) in [5, 5.41) is 19.3. The molecule has 0 aliphatic carbocycles. The number of phenolic OH excluding ortho intramolecular Hbond substituents is 1. The monoisotopic (exact) mass is 343 g/mol. The Morgan fingerprint density at radius 3 is 2.46 bits per heavy atom. The highest BCUT2D eigenvalue weighted by atomic mass is 16.5. The van der Waals surface area contributed by atoms with E-state index in [4.69, 9.17) is 39.7 Å². The lowest BCUT2D eigenvalue weighted by Gasteiger charge is -2.23. The second-order valence-electron chi connectivity index (χ2n) is 5.41. The Labute approximate surface area is 155 Å². The zero-order valence-corrected chi connectivity index (χ0v) is 14.2. The SMILES string of the molecule is [B]C([B])([B])O/C(N)=C/C(=C\N)c1ccc(-c2ccc(NC)nn2)c(O)c1. The topological polar surface area (TPSA) is 119 Å². The molecule has 0 bridgehead atoms. The smallest absolute Gasteiger partial charge is 0.182 e. The maximum atomic E-state index is 10.3. The molecule has 0 atom stereocenters. The van der Waals surface area contributed by atoms with E-state index in [1.807, 2.05) is 0 Å². The summed E-state index contributed by atoms with van der Waals surface area (Å²) in [4.78, 5) is 0. The lowest BCUT2D eigenvalue weighted by molar-refractivity contribution is 0.206. The number of nitrogens with one attached hydrogen (secondary N) is 1. The molecular weight excluding hydrogens is 327 g/mol. The zero-order valence-electron chi connectivity index (χ0n) is 14.2. The number of nitrogens with two attached hydrogens (primary N) is 2. The van der Waals surface area contributed by atoms with Gasteiger partial charge in [-0.25, -0.2) is 0 Å². The van der Waals surface area contributed by atoms with E-state index in [9.17, 15) is 5.11 Å². The molecule has 2 aromatic rings. The van der Waals surface area contributed by atoms with Crippen molar-refractivity contribution in [2.75, 3.05) is 12.4 Å². The molecule has 6 N–H and O–H groups in total. The fraction of sp³-hybridized carbons (Fsp3) is 0.125. The van der Waals surface area contributed by atoms with Gasteiger partial charge < -0.3 is 26.6 Å². The minimum absolute atomic E-state index is 0.00734. The Morgan fingerprint density at radius 2 is 1.96 bits per heavy atom. The number of allylic oxidation sites excluding steroid dienone is 2. The van der Waals surface area contributed by atoms with Gasteiger partial charge in [0.2, 0.25) is 0 Å². The van der Waals surface area contributed by atoms with E-state index in [0.717, 1.165) is 0 Å². The largest absolute Gasteiger partial charge is 0.507 e. The minimum Gasteiger partial charge on any atom is -0.507 e. The van der Waals surface area contributed by atoms with E-state index in [-0.39, 0.29) is 11.6 Å². The number of nitrogens with zero attached hydrogens (tertiary/aromatic N) is 2. The molecule has 0 saturated carbocycles. The summed E-state index contributed by atoms with van der Waals surface area (Å²) in [7, 11) is 17.7.